The van der Waals surface area contributed by atoms with E-state index in [-0.39, 0.29) is 28.9 Å². The minimum absolute atomic E-state index is 0.00485. The Bertz CT molecular complexity index is 1590. The van der Waals surface area contributed by atoms with Gasteiger partial charge in [-0.3, -0.25) is 0 Å². The number of hydrogen-bond donors (Lipinski definition) is 3. The summed E-state index contributed by atoms with van der Waals surface area (Å²) >= 11 is 5.90. The van der Waals surface area contributed by atoms with Crippen molar-refractivity contribution < 1.29 is 38.4 Å². The predicted octanol–water partition coefficient (Wildman–Crippen LogP) is 2.62. The highest BCUT2D eigenvalue weighted by Gasteiger charge is 2.51. The number of benzene rings is 2. The molecule has 0 amide bonds. The van der Waals surface area contributed by atoms with Crippen LogP contribution in [-0.4, -0.2) is 86.0 Å². The Balaban J connectivity index is 1.33. The number of rotatable bonds is 9. The molecule has 1 fully saturated rings. The molecule has 0 bridgehead atoms. The number of halogens is 2. The first-order chi connectivity index (χ1) is 20.1. The number of esters is 1. The number of aromatic nitrogens is 4. The summed E-state index contributed by atoms with van der Waals surface area (Å²) in [5.74, 6) is -2.77. The number of hydrogen-bond acceptors (Lipinski definition) is 10. The van der Waals surface area contributed by atoms with Crippen LogP contribution in [0, 0.1) is 0 Å². The summed E-state index contributed by atoms with van der Waals surface area (Å²) in [4.78, 5) is 37.3. The number of methoxy groups -OCH3 is 1. The van der Waals surface area contributed by atoms with Crippen LogP contribution in [0.15, 0.2) is 60.9 Å². The lowest BCUT2D eigenvalue weighted by Gasteiger charge is -2.38. The van der Waals surface area contributed by atoms with E-state index in [2.05, 4.69) is 15.0 Å². The number of fused-ring (bicyclic) bond motifs is 1. The lowest BCUT2D eigenvalue weighted by molar-refractivity contribution is -0.202. The third kappa shape index (κ3) is 5.51. The third-order valence-corrected chi connectivity index (χ3v) is 7.37. The topological polar surface area (TPSA) is 172 Å². The van der Waals surface area contributed by atoms with Crippen molar-refractivity contribution in [3.63, 3.8) is 0 Å². The lowest BCUT2D eigenvalue weighted by Crippen LogP contribution is -2.56. The second-order valence-electron chi connectivity index (χ2n) is 9.75. The highest BCUT2D eigenvalue weighted by atomic mass is 35.5. The lowest BCUT2D eigenvalue weighted by atomic mass is 9.92. The van der Waals surface area contributed by atoms with Gasteiger partial charge in [-0.2, -0.15) is 9.97 Å². The van der Waals surface area contributed by atoms with Crippen LogP contribution >= 0.6 is 11.6 Å². The molecule has 5 atom stereocenters. The molecule has 1 aliphatic rings. The number of imidazole rings is 1. The van der Waals surface area contributed by atoms with Crippen LogP contribution in [0.3, 0.4) is 0 Å². The van der Waals surface area contributed by atoms with Gasteiger partial charge >= 0.3 is 11.9 Å². The zero-order valence-corrected chi connectivity index (χ0v) is 23.0. The first-order valence-corrected chi connectivity index (χ1v) is 13.2. The molecule has 5 rings (SSSR count). The molecule has 14 heteroatoms. The summed E-state index contributed by atoms with van der Waals surface area (Å²) < 4.78 is 33.0. The SMILES string of the molecule is COC(=O)[C@@](Cc1ccc(-c2ccccc2)cc1)(OC[C@H]1OCC(n2cnc3c(N)nc(Cl)nc32)[C@@H](F)[C@@H]1O)C(=O)O. The van der Waals surface area contributed by atoms with Crippen molar-refractivity contribution in [1.82, 2.24) is 19.5 Å². The number of carboxylic acids is 1. The Morgan fingerprint density at radius 1 is 1.17 bits per heavy atom. The Kier molecular flexibility index (Phi) is 8.36. The monoisotopic (exact) mass is 599 g/mol. The number of aliphatic hydroxyl groups excluding tert-OH is 1. The molecule has 0 aliphatic carbocycles. The number of nitrogens with two attached hydrogens (primary N) is 1. The van der Waals surface area contributed by atoms with Crippen molar-refractivity contribution in [2.75, 3.05) is 26.1 Å². The number of carbonyl (C=O) groups is 2. The van der Waals surface area contributed by atoms with Crippen LogP contribution in [-0.2, 0) is 30.2 Å². The number of anilines is 1. The van der Waals surface area contributed by atoms with E-state index in [1.165, 1.54) is 10.9 Å². The van der Waals surface area contributed by atoms with Crippen LogP contribution in [0.4, 0.5) is 10.2 Å². The van der Waals surface area contributed by atoms with Gasteiger partial charge in [-0.1, -0.05) is 54.6 Å². The summed E-state index contributed by atoms with van der Waals surface area (Å²) in [5.41, 5.74) is 6.02. The van der Waals surface area contributed by atoms with E-state index in [1.807, 2.05) is 30.3 Å². The molecule has 0 spiro atoms. The second kappa shape index (κ2) is 12.0. The van der Waals surface area contributed by atoms with E-state index in [0.717, 1.165) is 18.2 Å². The molecule has 12 nitrogen and oxygen atoms in total. The van der Waals surface area contributed by atoms with E-state index in [9.17, 15) is 19.8 Å². The average Bonchev–Trinajstić information content (AvgIpc) is 3.41. The van der Waals surface area contributed by atoms with Crippen LogP contribution in [0.2, 0.25) is 5.28 Å². The Morgan fingerprint density at radius 2 is 1.86 bits per heavy atom. The molecule has 0 saturated carbocycles. The number of ether oxygens (including phenoxy) is 3. The molecule has 3 heterocycles. The highest BCUT2D eigenvalue weighted by molar-refractivity contribution is 6.28. The van der Waals surface area contributed by atoms with Gasteiger partial charge in [0, 0.05) is 6.42 Å². The van der Waals surface area contributed by atoms with Gasteiger partial charge < -0.3 is 34.7 Å². The summed E-state index contributed by atoms with van der Waals surface area (Å²) in [6.45, 7) is -0.887. The van der Waals surface area contributed by atoms with Crippen LogP contribution in [0.1, 0.15) is 11.6 Å². The molecule has 1 unspecified atom stereocenters. The predicted molar refractivity (Wildman–Crippen MR) is 148 cm³/mol. The fourth-order valence-electron chi connectivity index (χ4n) is 4.91. The van der Waals surface area contributed by atoms with Gasteiger partial charge in [0.2, 0.25) is 5.28 Å². The molecule has 220 valence electrons. The van der Waals surface area contributed by atoms with Gasteiger partial charge in [0.1, 0.15) is 17.7 Å². The summed E-state index contributed by atoms with van der Waals surface area (Å²) in [6.07, 6.45) is -4.09. The fraction of sp³-hybridized carbons (Fsp3) is 0.321. The largest absolute Gasteiger partial charge is 0.479 e. The maximum atomic E-state index is 15.6. The van der Waals surface area contributed by atoms with E-state index in [1.54, 1.807) is 24.3 Å². The van der Waals surface area contributed by atoms with Crippen molar-refractivity contribution >= 4 is 40.5 Å². The van der Waals surface area contributed by atoms with Crippen LogP contribution < -0.4 is 5.73 Å². The van der Waals surface area contributed by atoms with Gasteiger partial charge in [0.25, 0.3) is 5.60 Å². The molecule has 1 saturated heterocycles. The molecular weight excluding hydrogens is 573 g/mol. The highest BCUT2D eigenvalue weighted by Crippen LogP contribution is 2.32. The normalized spacial score (nSPS) is 22.0. The molecule has 0 radical (unpaired) electrons. The molecule has 2 aromatic carbocycles. The molecule has 4 aromatic rings. The smallest absolute Gasteiger partial charge is 0.350 e. The molecule has 42 heavy (non-hydrogen) atoms. The minimum Gasteiger partial charge on any atom is -0.479 e. The maximum absolute atomic E-state index is 15.6. The van der Waals surface area contributed by atoms with Gasteiger partial charge in [0.15, 0.2) is 17.6 Å². The Hall–Kier alpha value is -4.17. The maximum Gasteiger partial charge on any atom is 0.350 e. The van der Waals surface area contributed by atoms with E-state index < -0.39 is 55.0 Å². The van der Waals surface area contributed by atoms with E-state index in [0.29, 0.717) is 5.56 Å². The molecular formula is C28H27ClFN5O7. The van der Waals surface area contributed by atoms with Crippen molar-refractivity contribution in [2.24, 2.45) is 0 Å². The van der Waals surface area contributed by atoms with Crippen LogP contribution in [0.25, 0.3) is 22.3 Å². The number of nitrogen functional groups attached to an aromatic ring is 1. The third-order valence-electron chi connectivity index (χ3n) is 7.20. The molecule has 1 aliphatic heterocycles. The summed E-state index contributed by atoms with van der Waals surface area (Å²) in [6, 6.07) is 15.4. The van der Waals surface area contributed by atoms with Gasteiger partial charge in [-0.25, -0.2) is 19.0 Å². The Morgan fingerprint density at radius 3 is 2.52 bits per heavy atom. The van der Waals surface area contributed by atoms with Crippen molar-refractivity contribution in [1.29, 1.82) is 0 Å². The van der Waals surface area contributed by atoms with E-state index in [4.69, 9.17) is 31.5 Å². The van der Waals surface area contributed by atoms with Gasteiger partial charge in [-0.15, -0.1) is 0 Å². The van der Waals surface area contributed by atoms with Crippen LogP contribution in [0.5, 0.6) is 0 Å². The first-order valence-electron chi connectivity index (χ1n) is 12.8. The number of aliphatic hydroxyl groups is 1. The minimum atomic E-state index is -2.49. The number of alkyl halides is 1. The van der Waals surface area contributed by atoms with Gasteiger partial charge in [-0.05, 0) is 28.3 Å². The quantitative estimate of drug-likeness (QED) is 0.147. The summed E-state index contributed by atoms with van der Waals surface area (Å²) in [5, 5.41) is 20.8. The molecule has 4 N–H and O–H groups in total. The number of nitrogens with zero attached hydrogens (tertiary/aromatic N) is 4. The zero-order valence-electron chi connectivity index (χ0n) is 22.3. The average molecular weight is 600 g/mol. The molecule has 2 aromatic heterocycles. The zero-order chi connectivity index (χ0) is 30.0. The van der Waals surface area contributed by atoms with Crippen molar-refractivity contribution in [3.05, 3.63) is 71.8 Å². The first kappa shape index (κ1) is 29.3. The van der Waals surface area contributed by atoms with Crippen molar-refractivity contribution in [3.8, 4) is 11.1 Å². The van der Waals surface area contributed by atoms with Gasteiger partial charge in [0.05, 0.1) is 32.7 Å². The fourth-order valence-corrected chi connectivity index (χ4v) is 5.08. The second-order valence-corrected chi connectivity index (χ2v) is 10.1. The van der Waals surface area contributed by atoms with E-state index >= 15 is 4.39 Å². The Labute approximate surface area is 243 Å². The number of carboxylic acid groups (broad SMARTS) is 1. The standard InChI is InChI=1S/C28H27ClFN5O7/c1-40-26(39)28(25(37)38,11-15-7-9-17(10-8-15)16-5-3-2-4-6-16)42-13-19-22(36)20(30)18(12-41-19)35-14-32-21-23(31)33-27(29)34-24(21)35/h2-10,14,18-20,22,36H,11-13H2,1H3,(H,37,38)(H2,31,33,34)/t18?,19-,20-,22-,28+/m1/s1. The number of carbonyl (C=O) groups excluding carboxylic acids is 1. The number of aliphatic carboxylic acids is 1. The summed E-state index contributed by atoms with van der Waals surface area (Å²) in [7, 11) is 1.04. The van der Waals surface area contributed by atoms with Crippen molar-refractivity contribution in [2.45, 2.75) is 36.4 Å².